The number of rotatable bonds is 7. The Hall–Kier alpha value is -7.20. The maximum absolute atomic E-state index is 6.93. The van der Waals surface area contributed by atoms with Gasteiger partial charge in [-0.1, -0.05) is 152 Å². The standard InChI is InChI=1S/C54H35NOS/c1-4-12-36(13-5-1)38-20-26-42(27-21-38)55(43-28-22-39(23-29-43)37-14-6-2-7-15-37)44-30-24-41(25-31-44)46-33-32-45(40-16-8-3-9-17-40)52-53-48(56-54(46)52)34-35-50-51(53)47-18-10-11-19-49(47)57-50/h1-35H. The van der Waals surface area contributed by atoms with E-state index in [4.69, 9.17) is 4.42 Å². The zero-order valence-electron chi connectivity index (χ0n) is 31.0. The summed E-state index contributed by atoms with van der Waals surface area (Å²) in [6, 6.07) is 76.1. The minimum Gasteiger partial charge on any atom is -0.455 e. The Morgan fingerprint density at radius 1 is 0.316 bits per heavy atom. The van der Waals surface area contributed by atoms with Crippen LogP contribution in [0.25, 0.3) is 86.6 Å². The molecule has 0 aliphatic rings. The molecule has 0 atom stereocenters. The van der Waals surface area contributed by atoms with Crippen molar-refractivity contribution < 1.29 is 4.42 Å². The summed E-state index contributed by atoms with van der Waals surface area (Å²) in [6.07, 6.45) is 0. The molecule has 11 rings (SSSR count). The van der Waals surface area contributed by atoms with Crippen LogP contribution in [0, 0.1) is 0 Å². The van der Waals surface area contributed by atoms with Crippen molar-refractivity contribution in [2.24, 2.45) is 0 Å². The maximum Gasteiger partial charge on any atom is 0.143 e. The number of fused-ring (bicyclic) bond motifs is 7. The molecule has 0 radical (unpaired) electrons. The largest absolute Gasteiger partial charge is 0.455 e. The quantitative estimate of drug-likeness (QED) is 0.162. The molecule has 0 spiro atoms. The van der Waals surface area contributed by atoms with E-state index in [2.05, 4.69) is 217 Å². The van der Waals surface area contributed by atoms with Crippen LogP contribution < -0.4 is 4.90 Å². The molecule has 2 nitrogen and oxygen atoms in total. The summed E-state index contributed by atoms with van der Waals surface area (Å²) in [4.78, 5) is 2.33. The highest BCUT2D eigenvalue weighted by molar-refractivity contribution is 7.26. The van der Waals surface area contributed by atoms with E-state index in [0.29, 0.717) is 0 Å². The van der Waals surface area contributed by atoms with Crippen LogP contribution in [0.15, 0.2) is 217 Å². The van der Waals surface area contributed by atoms with E-state index in [1.807, 2.05) is 11.3 Å². The van der Waals surface area contributed by atoms with Crippen LogP contribution in [0.4, 0.5) is 17.1 Å². The minimum absolute atomic E-state index is 0.909. The first kappa shape index (κ1) is 33.2. The molecule has 268 valence electrons. The van der Waals surface area contributed by atoms with E-state index < -0.39 is 0 Å². The lowest BCUT2D eigenvalue weighted by Gasteiger charge is -2.26. The third-order valence-corrected chi connectivity index (χ3v) is 12.2. The number of anilines is 3. The highest BCUT2D eigenvalue weighted by Gasteiger charge is 2.22. The molecule has 0 fully saturated rings. The summed E-state index contributed by atoms with van der Waals surface area (Å²) >= 11 is 1.84. The Kier molecular flexibility index (Phi) is 8.04. The number of hydrogen-bond donors (Lipinski definition) is 0. The Bertz CT molecular complexity index is 3100. The van der Waals surface area contributed by atoms with E-state index >= 15 is 0 Å². The fraction of sp³-hybridized carbons (Fsp3) is 0. The minimum atomic E-state index is 0.909. The van der Waals surface area contributed by atoms with Crippen molar-refractivity contribution in [1.82, 2.24) is 0 Å². The summed E-state index contributed by atoms with van der Waals surface area (Å²) in [5.41, 5.74) is 14.4. The van der Waals surface area contributed by atoms with Gasteiger partial charge < -0.3 is 9.32 Å². The second kappa shape index (κ2) is 13.8. The van der Waals surface area contributed by atoms with E-state index in [1.165, 1.54) is 58.9 Å². The molecule has 0 saturated carbocycles. The Morgan fingerprint density at radius 2 is 0.772 bits per heavy atom. The van der Waals surface area contributed by atoms with Gasteiger partial charge in [0.1, 0.15) is 11.2 Å². The van der Waals surface area contributed by atoms with Crippen LogP contribution in [0.1, 0.15) is 0 Å². The van der Waals surface area contributed by atoms with Gasteiger partial charge >= 0.3 is 0 Å². The zero-order chi connectivity index (χ0) is 37.7. The number of furan rings is 1. The number of hydrogen-bond acceptors (Lipinski definition) is 3. The average molecular weight is 746 g/mol. The van der Waals surface area contributed by atoms with Crippen molar-refractivity contribution in [1.29, 1.82) is 0 Å². The SMILES string of the molecule is c1ccc(-c2ccc(N(c3ccc(-c4ccccc4)cc3)c3ccc(-c4ccc(-c5ccccc5)c5c4oc4ccc6sc7ccccc7c6c45)cc3)cc2)cc1. The molecule has 0 amide bonds. The molecule has 9 aromatic carbocycles. The van der Waals surface area contributed by atoms with Crippen LogP contribution >= 0.6 is 11.3 Å². The van der Waals surface area contributed by atoms with Crippen LogP contribution in [0.5, 0.6) is 0 Å². The molecule has 57 heavy (non-hydrogen) atoms. The van der Waals surface area contributed by atoms with Gasteiger partial charge in [0.15, 0.2) is 0 Å². The monoisotopic (exact) mass is 745 g/mol. The lowest BCUT2D eigenvalue weighted by Crippen LogP contribution is -2.09. The van der Waals surface area contributed by atoms with E-state index in [-0.39, 0.29) is 0 Å². The first-order valence-electron chi connectivity index (χ1n) is 19.3. The van der Waals surface area contributed by atoms with Crippen molar-refractivity contribution in [3.05, 3.63) is 212 Å². The first-order chi connectivity index (χ1) is 28.3. The molecule has 0 aliphatic heterocycles. The molecule has 2 heterocycles. The lowest BCUT2D eigenvalue weighted by atomic mass is 9.93. The molecular formula is C54H35NOS. The summed E-state index contributed by atoms with van der Waals surface area (Å²) < 4.78 is 9.49. The molecular weight excluding hydrogens is 711 g/mol. The van der Waals surface area contributed by atoms with Gasteiger partial charge in [0.2, 0.25) is 0 Å². The second-order valence-corrected chi connectivity index (χ2v) is 15.5. The van der Waals surface area contributed by atoms with Gasteiger partial charge in [-0.15, -0.1) is 11.3 Å². The highest BCUT2D eigenvalue weighted by Crippen LogP contribution is 2.48. The molecule has 0 bridgehead atoms. The van der Waals surface area contributed by atoms with Gasteiger partial charge in [0.05, 0.1) is 0 Å². The highest BCUT2D eigenvalue weighted by atomic mass is 32.1. The average Bonchev–Trinajstić information content (AvgIpc) is 3.87. The summed E-state index contributed by atoms with van der Waals surface area (Å²) in [7, 11) is 0. The van der Waals surface area contributed by atoms with E-state index in [9.17, 15) is 0 Å². The van der Waals surface area contributed by atoms with Crippen LogP contribution in [0.2, 0.25) is 0 Å². The fourth-order valence-electron chi connectivity index (χ4n) is 8.37. The molecule has 0 N–H and O–H groups in total. The molecule has 0 aliphatic carbocycles. The molecule has 0 saturated heterocycles. The Morgan fingerprint density at radius 3 is 1.35 bits per heavy atom. The van der Waals surface area contributed by atoms with Crippen molar-refractivity contribution in [2.75, 3.05) is 4.90 Å². The zero-order valence-corrected chi connectivity index (χ0v) is 31.8. The van der Waals surface area contributed by atoms with Crippen molar-refractivity contribution in [2.45, 2.75) is 0 Å². The number of nitrogens with zero attached hydrogens (tertiary/aromatic N) is 1. The summed E-state index contributed by atoms with van der Waals surface area (Å²) in [6.45, 7) is 0. The summed E-state index contributed by atoms with van der Waals surface area (Å²) in [5.74, 6) is 0. The van der Waals surface area contributed by atoms with Gasteiger partial charge in [0, 0.05) is 53.6 Å². The predicted molar refractivity (Wildman–Crippen MR) is 243 cm³/mol. The third kappa shape index (κ3) is 5.80. The van der Waals surface area contributed by atoms with E-state index in [0.717, 1.165) is 44.7 Å². The molecule has 11 aromatic rings. The lowest BCUT2D eigenvalue weighted by molar-refractivity contribution is 0.670. The predicted octanol–water partition coefficient (Wildman–Crippen LogP) is 16.1. The Labute approximate surface area is 335 Å². The number of thiophene rings is 1. The van der Waals surface area contributed by atoms with E-state index in [1.54, 1.807) is 0 Å². The van der Waals surface area contributed by atoms with Crippen molar-refractivity contribution in [3.8, 4) is 44.5 Å². The third-order valence-electron chi connectivity index (χ3n) is 11.1. The fourth-order valence-corrected chi connectivity index (χ4v) is 9.48. The van der Waals surface area contributed by atoms with Gasteiger partial charge in [0.25, 0.3) is 0 Å². The summed E-state index contributed by atoms with van der Waals surface area (Å²) in [5, 5.41) is 4.88. The molecule has 0 unspecified atom stereocenters. The molecule has 2 aromatic heterocycles. The van der Waals surface area contributed by atoms with Crippen molar-refractivity contribution >= 4 is 70.5 Å². The first-order valence-corrected chi connectivity index (χ1v) is 20.1. The van der Waals surface area contributed by atoms with Gasteiger partial charge in [-0.2, -0.15) is 0 Å². The number of benzene rings is 9. The topological polar surface area (TPSA) is 16.4 Å². The smallest absolute Gasteiger partial charge is 0.143 e. The van der Waals surface area contributed by atoms with Crippen molar-refractivity contribution in [3.63, 3.8) is 0 Å². The normalized spacial score (nSPS) is 11.5. The van der Waals surface area contributed by atoms with Crippen LogP contribution in [-0.4, -0.2) is 0 Å². The van der Waals surface area contributed by atoms with Gasteiger partial charge in [-0.05, 0) is 99.6 Å². The van der Waals surface area contributed by atoms with Crippen LogP contribution in [-0.2, 0) is 0 Å². The Balaban J connectivity index is 1.05. The van der Waals surface area contributed by atoms with Gasteiger partial charge in [-0.25, -0.2) is 0 Å². The molecule has 3 heteroatoms. The van der Waals surface area contributed by atoms with Gasteiger partial charge in [-0.3, -0.25) is 0 Å². The van der Waals surface area contributed by atoms with Crippen LogP contribution in [0.3, 0.4) is 0 Å². The maximum atomic E-state index is 6.93. The second-order valence-electron chi connectivity index (χ2n) is 14.5.